The summed E-state index contributed by atoms with van der Waals surface area (Å²) in [6.07, 6.45) is 4.00. The average molecular weight is 450 g/mol. The van der Waals surface area contributed by atoms with Gasteiger partial charge in [-0.05, 0) is 55.9 Å². The van der Waals surface area contributed by atoms with E-state index in [1.54, 1.807) is 12.1 Å². The fourth-order valence-corrected chi connectivity index (χ4v) is 4.97. The van der Waals surface area contributed by atoms with Gasteiger partial charge in [-0.15, -0.1) is 0 Å². The Morgan fingerprint density at radius 2 is 1.82 bits per heavy atom. The maximum atomic E-state index is 12.4. The van der Waals surface area contributed by atoms with Gasteiger partial charge in [0.05, 0.1) is 10.6 Å². The first kappa shape index (κ1) is 23.1. The molecule has 0 aliphatic heterocycles. The monoisotopic (exact) mass is 449 g/mol. The van der Waals surface area contributed by atoms with E-state index < -0.39 is 32.0 Å². The van der Waals surface area contributed by atoms with Gasteiger partial charge in [-0.25, -0.2) is 26.3 Å². The van der Waals surface area contributed by atoms with Gasteiger partial charge >= 0.3 is 0 Å². The Bertz CT molecular complexity index is 866. The maximum absolute atomic E-state index is 12.4. The zero-order chi connectivity index (χ0) is 20.8. The molecule has 0 radical (unpaired) electrons. The number of thioether (sulfide) groups is 1. The van der Waals surface area contributed by atoms with Crippen molar-refractivity contribution in [3.63, 3.8) is 0 Å². The zero-order valence-electron chi connectivity index (χ0n) is 16.0. The number of sulfonamides is 2. The van der Waals surface area contributed by atoms with Crippen molar-refractivity contribution in [2.24, 2.45) is 0 Å². The van der Waals surface area contributed by atoms with E-state index in [2.05, 4.69) is 14.8 Å². The van der Waals surface area contributed by atoms with Gasteiger partial charge < -0.3 is 5.32 Å². The van der Waals surface area contributed by atoms with Gasteiger partial charge in [0, 0.05) is 12.6 Å². The SMILES string of the molecule is CCS(=O)(=O)NC(CCSC)C(=O)NCc1ccc(S(=O)(=O)NC2CC2)cc1. The standard InChI is InChI=1S/C17H27N3O5S3/c1-3-27(22,23)20-16(10-11-26-2)17(21)18-12-13-4-8-15(9-5-13)28(24,25)19-14-6-7-14/h4-5,8-9,14,16,19-20H,3,6-7,10-12H2,1-2H3,(H,18,21). The lowest BCUT2D eigenvalue weighted by atomic mass is 10.2. The van der Waals surface area contributed by atoms with Crippen molar-refractivity contribution in [1.29, 1.82) is 0 Å². The van der Waals surface area contributed by atoms with E-state index in [-0.39, 0.29) is 23.2 Å². The van der Waals surface area contributed by atoms with Crippen molar-refractivity contribution in [3.8, 4) is 0 Å². The highest BCUT2D eigenvalue weighted by atomic mass is 32.2. The summed E-state index contributed by atoms with van der Waals surface area (Å²) in [5.41, 5.74) is 0.723. The first-order valence-corrected chi connectivity index (χ1v) is 13.6. The van der Waals surface area contributed by atoms with Gasteiger partial charge in [0.15, 0.2) is 0 Å². The quantitative estimate of drug-likeness (QED) is 0.434. The normalized spacial score (nSPS) is 15.9. The highest BCUT2D eigenvalue weighted by Crippen LogP contribution is 2.22. The number of carbonyl (C=O) groups excluding carboxylic acids is 1. The molecule has 0 aromatic heterocycles. The third kappa shape index (κ3) is 7.36. The first-order chi connectivity index (χ1) is 13.2. The molecule has 11 heteroatoms. The molecule has 0 saturated heterocycles. The molecular formula is C17H27N3O5S3. The van der Waals surface area contributed by atoms with Gasteiger partial charge in [0.1, 0.15) is 6.04 Å². The van der Waals surface area contributed by atoms with Crippen LogP contribution in [0.1, 0.15) is 31.7 Å². The van der Waals surface area contributed by atoms with E-state index in [1.165, 1.54) is 30.8 Å². The Kier molecular flexibility index (Phi) is 8.31. The average Bonchev–Trinajstić information content (AvgIpc) is 3.46. The number of benzene rings is 1. The van der Waals surface area contributed by atoms with Crippen molar-refractivity contribution in [2.45, 2.75) is 49.7 Å². The summed E-state index contributed by atoms with van der Waals surface area (Å²) in [6.45, 7) is 1.69. The van der Waals surface area contributed by atoms with Crippen LogP contribution in [-0.2, 0) is 31.4 Å². The molecule has 3 N–H and O–H groups in total. The molecule has 2 rings (SSSR count). The van der Waals surface area contributed by atoms with Crippen molar-refractivity contribution in [1.82, 2.24) is 14.8 Å². The minimum absolute atomic E-state index is 0.0362. The van der Waals surface area contributed by atoms with Crippen molar-refractivity contribution < 1.29 is 21.6 Å². The van der Waals surface area contributed by atoms with Crippen LogP contribution >= 0.6 is 11.8 Å². The van der Waals surface area contributed by atoms with Crippen LogP contribution in [0.15, 0.2) is 29.2 Å². The number of nitrogens with one attached hydrogen (secondary N) is 3. The third-order valence-electron chi connectivity index (χ3n) is 4.23. The van der Waals surface area contributed by atoms with Crippen LogP contribution in [0.5, 0.6) is 0 Å². The largest absolute Gasteiger partial charge is 0.351 e. The molecule has 1 fully saturated rings. The second-order valence-corrected chi connectivity index (χ2v) is 11.4. The Balaban J connectivity index is 1.95. The molecule has 0 bridgehead atoms. The molecule has 1 aliphatic rings. The van der Waals surface area contributed by atoms with Crippen LogP contribution in [0, 0.1) is 0 Å². The molecule has 1 aromatic rings. The van der Waals surface area contributed by atoms with Gasteiger partial charge in [0.25, 0.3) is 0 Å². The van der Waals surface area contributed by atoms with Crippen molar-refractivity contribution >= 4 is 37.7 Å². The van der Waals surface area contributed by atoms with E-state index in [1.807, 2.05) is 6.26 Å². The lowest BCUT2D eigenvalue weighted by Crippen LogP contribution is -2.47. The summed E-state index contributed by atoms with van der Waals surface area (Å²) in [7, 11) is -7.01. The summed E-state index contributed by atoms with van der Waals surface area (Å²) in [4.78, 5) is 12.6. The lowest BCUT2D eigenvalue weighted by molar-refractivity contribution is -0.122. The minimum Gasteiger partial charge on any atom is -0.351 e. The molecule has 1 unspecified atom stereocenters. The van der Waals surface area contributed by atoms with Crippen LogP contribution in [0.25, 0.3) is 0 Å². The summed E-state index contributed by atoms with van der Waals surface area (Å²) in [5, 5.41) is 2.71. The van der Waals surface area contributed by atoms with E-state index in [0.29, 0.717) is 12.2 Å². The highest BCUT2D eigenvalue weighted by molar-refractivity contribution is 7.98. The molecule has 0 spiro atoms. The maximum Gasteiger partial charge on any atom is 0.240 e. The predicted molar refractivity (Wildman–Crippen MR) is 111 cm³/mol. The van der Waals surface area contributed by atoms with Crippen LogP contribution in [0.4, 0.5) is 0 Å². The fourth-order valence-electron chi connectivity index (χ4n) is 2.37. The van der Waals surface area contributed by atoms with E-state index in [9.17, 15) is 21.6 Å². The topological polar surface area (TPSA) is 121 Å². The van der Waals surface area contributed by atoms with E-state index >= 15 is 0 Å². The van der Waals surface area contributed by atoms with Gasteiger partial charge in [0.2, 0.25) is 26.0 Å². The van der Waals surface area contributed by atoms with Crippen LogP contribution in [0.3, 0.4) is 0 Å². The van der Waals surface area contributed by atoms with Crippen LogP contribution < -0.4 is 14.8 Å². The molecular weight excluding hydrogens is 422 g/mol. The predicted octanol–water partition coefficient (Wildman–Crippen LogP) is 0.805. The number of amides is 1. The lowest BCUT2D eigenvalue weighted by Gasteiger charge is -2.18. The molecule has 0 heterocycles. The van der Waals surface area contributed by atoms with Gasteiger partial charge in [-0.2, -0.15) is 11.8 Å². The Morgan fingerprint density at radius 3 is 2.36 bits per heavy atom. The third-order valence-corrected chi connectivity index (χ3v) is 7.81. The summed E-state index contributed by atoms with van der Waals surface area (Å²) in [5.74, 6) is 0.143. The Morgan fingerprint density at radius 1 is 1.18 bits per heavy atom. The molecule has 28 heavy (non-hydrogen) atoms. The second-order valence-electron chi connectivity index (χ2n) is 6.61. The molecule has 1 atom stereocenters. The number of hydrogen-bond acceptors (Lipinski definition) is 6. The highest BCUT2D eigenvalue weighted by Gasteiger charge is 2.28. The molecule has 158 valence electrons. The molecule has 1 saturated carbocycles. The number of hydrogen-bond donors (Lipinski definition) is 3. The van der Waals surface area contributed by atoms with Crippen LogP contribution in [-0.4, -0.2) is 52.6 Å². The summed E-state index contributed by atoms with van der Waals surface area (Å²) in [6, 6.07) is 5.46. The first-order valence-electron chi connectivity index (χ1n) is 9.05. The molecule has 1 aliphatic carbocycles. The molecule has 1 aromatic carbocycles. The summed E-state index contributed by atoms with van der Waals surface area (Å²) < 4.78 is 53.0. The number of carbonyl (C=O) groups is 1. The number of rotatable bonds is 12. The smallest absolute Gasteiger partial charge is 0.240 e. The summed E-state index contributed by atoms with van der Waals surface area (Å²) >= 11 is 1.53. The Labute approximate surface area is 171 Å². The van der Waals surface area contributed by atoms with Crippen molar-refractivity contribution in [3.05, 3.63) is 29.8 Å². The van der Waals surface area contributed by atoms with Crippen molar-refractivity contribution in [2.75, 3.05) is 17.8 Å². The zero-order valence-corrected chi connectivity index (χ0v) is 18.4. The molecule has 8 nitrogen and oxygen atoms in total. The van der Waals surface area contributed by atoms with E-state index in [4.69, 9.17) is 0 Å². The molecule has 1 amide bonds. The van der Waals surface area contributed by atoms with Gasteiger partial charge in [-0.1, -0.05) is 12.1 Å². The van der Waals surface area contributed by atoms with Crippen LogP contribution in [0.2, 0.25) is 0 Å². The Hall–Kier alpha value is -1.14. The second kappa shape index (κ2) is 10.1. The van der Waals surface area contributed by atoms with Gasteiger partial charge in [-0.3, -0.25) is 4.79 Å². The van der Waals surface area contributed by atoms with E-state index in [0.717, 1.165) is 18.4 Å². The fraction of sp³-hybridized carbons (Fsp3) is 0.588. The minimum atomic E-state index is -3.51.